The Kier molecular flexibility index (Phi) is 7.64. The monoisotopic (exact) mass is 508 g/mol. The van der Waals surface area contributed by atoms with E-state index in [4.69, 9.17) is 9.84 Å². The molecule has 0 bridgehead atoms. The van der Waals surface area contributed by atoms with E-state index in [0.717, 1.165) is 44.9 Å². The van der Waals surface area contributed by atoms with Crippen LogP contribution < -0.4 is 10.1 Å². The number of pyridine rings is 1. The van der Waals surface area contributed by atoms with Gasteiger partial charge in [-0.3, -0.25) is 9.78 Å². The van der Waals surface area contributed by atoms with Crippen molar-refractivity contribution in [2.75, 3.05) is 23.9 Å². The van der Waals surface area contributed by atoms with Crippen LogP contribution in [0.4, 0.5) is 5.69 Å². The maximum atomic E-state index is 11.3. The first-order valence-corrected chi connectivity index (χ1v) is 14.1. The van der Waals surface area contributed by atoms with Crippen molar-refractivity contribution in [2.45, 2.75) is 39.2 Å². The highest BCUT2D eigenvalue weighted by atomic mass is 32.2. The second-order valence-corrected chi connectivity index (χ2v) is 11.8. The molecule has 1 aliphatic carbocycles. The zero-order valence-corrected chi connectivity index (χ0v) is 21.6. The fraction of sp³-hybridized carbons (Fsp3) is 0.357. The van der Waals surface area contributed by atoms with Crippen molar-refractivity contribution in [1.82, 2.24) is 4.98 Å². The van der Waals surface area contributed by atoms with E-state index in [1.54, 1.807) is 6.20 Å². The summed E-state index contributed by atoms with van der Waals surface area (Å²) in [6.07, 6.45) is 4.13. The molecular weight excluding hydrogens is 476 g/mol. The SMILES string of the molecule is Cc1cc(OCCCS(C)(=O)=O)cc(C)c1-c1cccc(CNc2ccc([C@@H]3C[C@H]3C(=O)O)nc2)c1. The number of aromatic nitrogens is 1. The van der Waals surface area contributed by atoms with E-state index in [9.17, 15) is 13.2 Å². The van der Waals surface area contributed by atoms with Gasteiger partial charge in [-0.15, -0.1) is 0 Å². The van der Waals surface area contributed by atoms with Crippen LogP contribution in [0.2, 0.25) is 0 Å². The molecule has 4 rings (SSSR count). The second kappa shape index (κ2) is 10.7. The molecule has 7 nitrogen and oxygen atoms in total. The van der Waals surface area contributed by atoms with Crippen molar-refractivity contribution in [3.05, 3.63) is 77.1 Å². The number of aliphatic carboxylic acids is 1. The quantitative estimate of drug-likeness (QED) is 0.352. The van der Waals surface area contributed by atoms with Crippen LogP contribution in [0.15, 0.2) is 54.7 Å². The number of anilines is 1. The van der Waals surface area contributed by atoms with E-state index < -0.39 is 15.8 Å². The van der Waals surface area contributed by atoms with Crippen molar-refractivity contribution in [2.24, 2.45) is 5.92 Å². The predicted octanol–water partition coefficient (Wildman–Crippen LogP) is 4.98. The molecule has 0 aliphatic heterocycles. The third-order valence-corrected chi connectivity index (χ3v) is 7.45. The molecular formula is C28H32N2O5S. The fourth-order valence-corrected chi connectivity index (χ4v) is 5.18. The molecule has 0 unspecified atom stereocenters. The summed E-state index contributed by atoms with van der Waals surface area (Å²) in [5, 5.41) is 12.5. The number of aryl methyl sites for hydroxylation is 2. The summed E-state index contributed by atoms with van der Waals surface area (Å²) in [5.41, 5.74) is 7.32. The molecule has 1 heterocycles. The molecule has 1 fully saturated rings. The average Bonchev–Trinajstić information content (AvgIpc) is 3.62. The fourth-order valence-electron chi connectivity index (χ4n) is 4.54. The molecule has 2 aromatic carbocycles. The van der Waals surface area contributed by atoms with Crippen molar-refractivity contribution in [3.63, 3.8) is 0 Å². The molecule has 0 spiro atoms. The molecule has 1 aliphatic rings. The van der Waals surface area contributed by atoms with Crippen molar-refractivity contribution in [1.29, 1.82) is 0 Å². The van der Waals surface area contributed by atoms with Gasteiger partial charge in [0.25, 0.3) is 0 Å². The van der Waals surface area contributed by atoms with Crippen molar-refractivity contribution >= 4 is 21.5 Å². The Morgan fingerprint density at radius 3 is 2.50 bits per heavy atom. The summed E-state index contributed by atoms with van der Waals surface area (Å²) in [6.45, 7) is 5.11. The number of hydrogen-bond acceptors (Lipinski definition) is 6. The Morgan fingerprint density at radius 2 is 1.89 bits per heavy atom. The van der Waals surface area contributed by atoms with Crippen LogP contribution in [0.3, 0.4) is 0 Å². The number of ether oxygens (including phenoxy) is 1. The molecule has 1 aromatic heterocycles. The van der Waals surface area contributed by atoms with E-state index in [1.165, 1.54) is 6.26 Å². The molecule has 0 saturated heterocycles. The summed E-state index contributed by atoms with van der Waals surface area (Å²) >= 11 is 0. The smallest absolute Gasteiger partial charge is 0.307 e. The molecule has 8 heteroatoms. The van der Waals surface area contributed by atoms with Gasteiger partial charge in [0.2, 0.25) is 0 Å². The highest BCUT2D eigenvalue weighted by molar-refractivity contribution is 7.90. The lowest BCUT2D eigenvalue weighted by Crippen LogP contribution is -2.08. The summed E-state index contributed by atoms with van der Waals surface area (Å²) in [5.74, 6) is -0.149. The van der Waals surface area contributed by atoms with Crippen molar-refractivity contribution in [3.8, 4) is 16.9 Å². The second-order valence-electron chi connectivity index (χ2n) is 9.58. The van der Waals surface area contributed by atoms with E-state index in [1.807, 2.05) is 30.3 Å². The standard InChI is InChI=1S/C28H32N2O5S/c1-18-12-23(35-10-5-11-36(3,33)34)13-19(2)27(18)21-7-4-6-20(14-21)16-29-22-8-9-26(30-17-22)24-15-25(24)28(31)32/h4,6-9,12-14,17,24-25,29H,5,10-11,15-16H2,1-3H3,(H,31,32)/t24-,25-/m1/s1. The Bertz CT molecular complexity index is 1330. The lowest BCUT2D eigenvalue weighted by Gasteiger charge is -2.15. The van der Waals surface area contributed by atoms with Gasteiger partial charge in [0.05, 0.1) is 30.2 Å². The van der Waals surface area contributed by atoms with Gasteiger partial charge >= 0.3 is 5.97 Å². The highest BCUT2D eigenvalue weighted by Crippen LogP contribution is 2.46. The minimum atomic E-state index is -2.98. The predicted molar refractivity (Wildman–Crippen MR) is 141 cm³/mol. The van der Waals surface area contributed by atoms with Crippen LogP contribution in [0.25, 0.3) is 11.1 Å². The van der Waals surface area contributed by atoms with Crippen molar-refractivity contribution < 1.29 is 23.1 Å². The number of sulfone groups is 1. The minimum Gasteiger partial charge on any atom is -0.494 e. The van der Waals surface area contributed by atoms with Crippen LogP contribution in [-0.4, -0.2) is 43.1 Å². The third kappa shape index (κ3) is 6.63. The van der Waals surface area contributed by atoms with Crippen LogP contribution in [-0.2, 0) is 21.2 Å². The Labute approximate surface area is 212 Å². The third-order valence-electron chi connectivity index (χ3n) is 6.42. The molecule has 1 saturated carbocycles. The van der Waals surface area contributed by atoms with Gasteiger partial charge in [0.15, 0.2) is 0 Å². The minimum absolute atomic E-state index is 0.0315. The summed E-state index contributed by atoms with van der Waals surface area (Å²) in [4.78, 5) is 15.5. The Hall–Kier alpha value is -3.39. The van der Waals surface area contributed by atoms with Crippen LogP contribution in [0, 0.1) is 19.8 Å². The van der Waals surface area contributed by atoms with Gasteiger partial charge in [-0.05, 0) is 84.8 Å². The van der Waals surface area contributed by atoms with Gasteiger partial charge in [0.1, 0.15) is 15.6 Å². The number of nitrogens with zero attached hydrogens (tertiary/aromatic N) is 1. The number of rotatable bonds is 11. The molecule has 0 radical (unpaired) electrons. The number of nitrogens with one attached hydrogen (secondary N) is 1. The first kappa shape index (κ1) is 25.7. The maximum absolute atomic E-state index is 11.3. The lowest BCUT2D eigenvalue weighted by atomic mass is 9.94. The normalized spacial score (nSPS) is 17.0. The molecule has 190 valence electrons. The maximum Gasteiger partial charge on any atom is 0.307 e. The molecule has 3 aromatic rings. The Morgan fingerprint density at radius 1 is 1.14 bits per heavy atom. The molecule has 0 amide bonds. The number of benzene rings is 2. The van der Waals surface area contributed by atoms with Gasteiger partial charge in [0, 0.05) is 24.4 Å². The molecule has 36 heavy (non-hydrogen) atoms. The Balaban J connectivity index is 1.38. The van der Waals surface area contributed by atoms with E-state index in [2.05, 4.69) is 42.3 Å². The van der Waals surface area contributed by atoms with E-state index in [0.29, 0.717) is 26.0 Å². The topological polar surface area (TPSA) is 106 Å². The number of carboxylic acid groups (broad SMARTS) is 1. The van der Waals surface area contributed by atoms with E-state index >= 15 is 0 Å². The van der Waals surface area contributed by atoms with Crippen LogP contribution in [0.5, 0.6) is 5.75 Å². The van der Waals surface area contributed by atoms with Gasteiger partial charge in [-0.2, -0.15) is 0 Å². The van der Waals surface area contributed by atoms with Gasteiger partial charge in [-0.1, -0.05) is 18.2 Å². The summed E-state index contributed by atoms with van der Waals surface area (Å²) in [7, 11) is -2.98. The zero-order valence-electron chi connectivity index (χ0n) is 20.8. The first-order chi connectivity index (χ1) is 17.1. The highest BCUT2D eigenvalue weighted by Gasteiger charge is 2.45. The summed E-state index contributed by atoms with van der Waals surface area (Å²) < 4.78 is 28.4. The number of hydrogen-bond donors (Lipinski definition) is 2. The van der Waals surface area contributed by atoms with Crippen LogP contribution >= 0.6 is 0 Å². The molecule has 2 N–H and O–H groups in total. The van der Waals surface area contributed by atoms with Gasteiger partial charge < -0.3 is 15.2 Å². The average molecular weight is 509 g/mol. The summed E-state index contributed by atoms with van der Waals surface area (Å²) in [6, 6.07) is 16.2. The molecule has 2 atom stereocenters. The van der Waals surface area contributed by atoms with Crippen LogP contribution in [0.1, 0.15) is 41.1 Å². The zero-order chi connectivity index (χ0) is 25.9. The lowest BCUT2D eigenvalue weighted by molar-refractivity contribution is -0.138. The largest absolute Gasteiger partial charge is 0.494 e. The number of carbonyl (C=O) groups is 1. The number of carboxylic acids is 1. The van der Waals surface area contributed by atoms with E-state index in [-0.39, 0.29) is 17.6 Å². The van der Waals surface area contributed by atoms with Gasteiger partial charge in [-0.25, -0.2) is 8.42 Å². The first-order valence-electron chi connectivity index (χ1n) is 12.0.